The van der Waals surface area contributed by atoms with Crippen molar-refractivity contribution in [3.05, 3.63) is 70.5 Å². The summed E-state index contributed by atoms with van der Waals surface area (Å²) in [4.78, 5) is 21.4. The molecule has 0 aliphatic rings. The number of hydrogen-bond donors (Lipinski definition) is 1. The number of nitrogens with one attached hydrogen (secondary N) is 1. The number of aryl methyl sites for hydroxylation is 1. The van der Waals surface area contributed by atoms with E-state index in [0.717, 1.165) is 5.69 Å². The van der Waals surface area contributed by atoms with Crippen LogP contribution in [0.5, 0.6) is 0 Å². The fraction of sp³-hybridized carbons (Fsp3) is 0.0588. The van der Waals surface area contributed by atoms with E-state index in [2.05, 4.69) is 21.4 Å². The summed E-state index contributed by atoms with van der Waals surface area (Å²) in [6, 6.07) is 12.7. The number of anilines is 2. The second-order valence-electron chi connectivity index (χ2n) is 4.81. The summed E-state index contributed by atoms with van der Waals surface area (Å²) in [5.74, 6) is -0.0908. The lowest BCUT2D eigenvalue weighted by molar-refractivity contribution is 0.104. The average molecular weight is 320 g/mol. The molecule has 2 heterocycles. The Labute approximate surface area is 137 Å². The fourth-order valence-electron chi connectivity index (χ4n) is 2.08. The Hall–Kier alpha value is -3.04. The van der Waals surface area contributed by atoms with E-state index < -0.39 is 0 Å². The Kier molecular flexibility index (Phi) is 4.13. The molecule has 0 atom stereocenters. The third kappa shape index (κ3) is 3.25. The van der Waals surface area contributed by atoms with E-state index in [1.54, 1.807) is 49.6 Å². The molecular formula is C17H12N4OS. The van der Waals surface area contributed by atoms with Gasteiger partial charge in [-0.3, -0.25) is 9.78 Å². The number of nitriles is 1. The normalized spacial score (nSPS) is 10.1. The molecule has 23 heavy (non-hydrogen) atoms. The van der Waals surface area contributed by atoms with Crippen molar-refractivity contribution in [2.24, 2.45) is 0 Å². The molecular weight excluding hydrogens is 308 g/mol. The van der Waals surface area contributed by atoms with E-state index in [1.165, 1.54) is 11.3 Å². The van der Waals surface area contributed by atoms with Crippen molar-refractivity contribution in [1.82, 2.24) is 9.97 Å². The minimum absolute atomic E-state index is 0.0908. The number of rotatable bonds is 4. The molecule has 6 heteroatoms. The topological polar surface area (TPSA) is 78.7 Å². The van der Waals surface area contributed by atoms with Gasteiger partial charge in [0.15, 0.2) is 5.13 Å². The third-order valence-electron chi connectivity index (χ3n) is 3.22. The van der Waals surface area contributed by atoms with Gasteiger partial charge in [-0.2, -0.15) is 5.26 Å². The summed E-state index contributed by atoms with van der Waals surface area (Å²) in [7, 11) is 0. The van der Waals surface area contributed by atoms with Crippen LogP contribution in [0.4, 0.5) is 10.8 Å². The summed E-state index contributed by atoms with van der Waals surface area (Å²) >= 11 is 1.27. The van der Waals surface area contributed by atoms with Gasteiger partial charge in [-0.25, -0.2) is 4.98 Å². The molecule has 3 rings (SSSR count). The number of pyridine rings is 1. The quantitative estimate of drug-likeness (QED) is 0.742. The van der Waals surface area contributed by atoms with E-state index in [1.807, 2.05) is 6.07 Å². The van der Waals surface area contributed by atoms with Crippen LogP contribution in [0, 0.1) is 18.3 Å². The van der Waals surface area contributed by atoms with Gasteiger partial charge in [0.2, 0.25) is 5.78 Å². The molecule has 0 spiro atoms. The number of hydrogen-bond acceptors (Lipinski definition) is 6. The van der Waals surface area contributed by atoms with Gasteiger partial charge in [-0.15, -0.1) is 0 Å². The number of aromatic nitrogens is 2. The molecule has 0 bridgehead atoms. The number of ketones is 1. The van der Waals surface area contributed by atoms with E-state index in [4.69, 9.17) is 5.26 Å². The van der Waals surface area contributed by atoms with Gasteiger partial charge in [-0.1, -0.05) is 17.4 Å². The first-order valence-corrected chi connectivity index (χ1v) is 7.68. The SMILES string of the molecule is Cc1ncccc1C(=O)c1cnc(Nc2cccc(C#N)c2)s1. The van der Waals surface area contributed by atoms with Gasteiger partial charge in [0.1, 0.15) is 0 Å². The lowest BCUT2D eigenvalue weighted by Crippen LogP contribution is -2.02. The maximum absolute atomic E-state index is 12.5. The first kappa shape index (κ1) is 14.9. The van der Waals surface area contributed by atoms with Crippen LogP contribution in [0.25, 0.3) is 0 Å². The maximum atomic E-state index is 12.5. The number of carbonyl (C=O) groups excluding carboxylic acids is 1. The molecule has 0 radical (unpaired) electrons. The van der Waals surface area contributed by atoms with Crippen molar-refractivity contribution < 1.29 is 4.79 Å². The molecule has 1 N–H and O–H groups in total. The predicted molar refractivity (Wildman–Crippen MR) is 89.0 cm³/mol. The molecule has 0 amide bonds. The van der Waals surface area contributed by atoms with Crippen molar-refractivity contribution in [3.8, 4) is 6.07 Å². The maximum Gasteiger partial charge on any atom is 0.206 e. The van der Waals surface area contributed by atoms with Crippen LogP contribution in [-0.2, 0) is 0 Å². The van der Waals surface area contributed by atoms with Gasteiger partial charge in [0.05, 0.1) is 22.7 Å². The summed E-state index contributed by atoms with van der Waals surface area (Å²) in [6.07, 6.45) is 3.21. The second-order valence-corrected chi connectivity index (χ2v) is 5.84. The summed E-state index contributed by atoms with van der Waals surface area (Å²) in [6.45, 7) is 1.81. The molecule has 5 nitrogen and oxygen atoms in total. The first-order valence-electron chi connectivity index (χ1n) is 6.86. The Bertz CT molecular complexity index is 911. The van der Waals surface area contributed by atoms with Crippen LogP contribution >= 0.6 is 11.3 Å². The zero-order valence-corrected chi connectivity index (χ0v) is 13.1. The van der Waals surface area contributed by atoms with Crippen LogP contribution in [0.1, 0.15) is 26.5 Å². The van der Waals surface area contributed by atoms with Crippen molar-refractivity contribution >= 4 is 27.9 Å². The number of thiazole rings is 1. The number of nitrogens with zero attached hydrogens (tertiary/aromatic N) is 3. The molecule has 0 aliphatic carbocycles. The fourth-order valence-corrected chi connectivity index (χ4v) is 2.87. The standard InChI is InChI=1S/C17H12N4OS/c1-11-14(6-3-7-19-11)16(22)15-10-20-17(23-15)21-13-5-2-4-12(8-13)9-18/h2-8,10H,1H3,(H,20,21). The highest BCUT2D eigenvalue weighted by atomic mass is 32.1. The van der Waals surface area contributed by atoms with Gasteiger partial charge in [-0.05, 0) is 37.3 Å². The lowest BCUT2D eigenvalue weighted by atomic mass is 10.1. The monoisotopic (exact) mass is 320 g/mol. The Morgan fingerprint density at radius 2 is 2.13 bits per heavy atom. The van der Waals surface area contributed by atoms with E-state index in [9.17, 15) is 4.79 Å². The average Bonchev–Trinajstić information content (AvgIpc) is 3.03. The molecule has 1 aromatic carbocycles. The van der Waals surface area contributed by atoms with Crippen molar-refractivity contribution in [2.45, 2.75) is 6.92 Å². The smallest absolute Gasteiger partial charge is 0.206 e. The molecule has 0 fully saturated rings. The Morgan fingerprint density at radius 3 is 2.91 bits per heavy atom. The lowest BCUT2D eigenvalue weighted by Gasteiger charge is -2.02. The molecule has 0 saturated carbocycles. The van der Waals surface area contributed by atoms with Crippen molar-refractivity contribution in [3.63, 3.8) is 0 Å². The molecule has 0 unspecified atom stereocenters. The second kappa shape index (κ2) is 6.38. The first-order chi connectivity index (χ1) is 11.2. The molecule has 3 aromatic rings. The van der Waals surface area contributed by atoms with Crippen LogP contribution in [0.3, 0.4) is 0 Å². The Morgan fingerprint density at radius 1 is 1.26 bits per heavy atom. The van der Waals surface area contributed by atoms with Crippen LogP contribution < -0.4 is 5.32 Å². The zero-order chi connectivity index (χ0) is 16.2. The van der Waals surface area contributed by atoms with Gasteiger partial charge < -0.3 is 5.32 Å². The molecule has 2 aromatic heterocycles. The number of carbonyl (C=O) groups is 1. The highest BCUT2D eigenvalue weighted by molar-refractivity contribution is 7.17. The van der Waals surface area contributed by atoms with Crippen LogP contribution in [0.2, 0.25) is 0 Å². The minimum Gasteiger partial charge on any atom is -0.331 e. The van der Waals surface area contributed by atoms with Gasteiger partial charge >= 0.3 is 0 Å². The summed E-state index contributed by atoms with van der Waals surface area (Å²) in [5.41, 5.74) is 2.60. The van der Waals surface area contributed by atoms with E-state index in [-0.39, 0.29) is 5.78 Å². The van der Waals surface area contributed by atoms with Crippen LogP contribution in [0.15, 0.2) is 48.8 Å². The largest absolute Gasteiger partial charge is 0.331 e. The summed E-state index contributed by atoms with van der Waals surface area (Å²) in [5, 5.41) is 12.6. The van der Waals surface area contributed by atoms with Gasteiger partial charge in [0.25, 0.3) is 0 Å². The van der Waals surface area contributed by atoms with Crippen LogP contribution in [-0.4, -0.2) is 15.8 Å². The molecule has 112 valence electrons. The zero-order valence-electron chi connectivity index (χ0n) is 12.3. The van der Waals surface area contributed by atoms with E-state index >= 15 is 0 Å². The van der Waals surface area contributed by atoms with Gasteiger partial charge in [0, 0.05) is 23.1 Å². The minimum atomic E-state index is -0.0908. The highest BCUT2D eigenvalue weighted by Crippen LogP contribution is 2.25. The molecule has 0 saturated heterocycles. The molecule has 0 aliphatic heterocycles. The van der Waals surface area contributed by atoms with Crippen molar-refractivity contribution in [1.29, 1.82) is 5.26 Å². The predicted octanol–water partition coefficient (Wildman–Crippen LogP) is 3.69. The summed E-state index contributed by atoms with van der Waals surface area (Å²) < 4.78 is 0. The third-order valence-corrected chi connectivity index (χ3v) is 4.14. The number of benzene rings is 1. The highest BCUT2D eigenvalue weighted by Gasteiger charge is 2.15. The van der Waals surface area contributed by atoms with E-state index in [0.29, 0.717) is 26.8 Å². The van der Waals surface area contributed by atoms with Crippen molar-refractivity contribution in [2.75, 3.05) is 5.32 Å². The Balaban J connectivity index is 1.82.